The number of thioether (sulfide) groups is 1. The van der Waals surface area contributed by atoms with Crippen LogP contribution in [0.1, 0.15) is 42.5 Å². The van der Waals surface area contributed by atoms with Gasteiger partial charge in [-0.2, -0.15) is 4.98 Å². The van der Waals surface area contributed by atoms with Crippen molar-refractivity contribution in [1.82, 2.24) is 23.9 Å². The number of sulfonamides is 1. The Morgan fingerprint density at radius 1 is 1.21 bits per heavy atom. The van der Waals surface area contributed by atoms with E-state index >= 15 is 0 Å². The zero-order chi connectivity index (χ0) is 20.5. The lowest BCUT2D eigenvalue weighted by molar-refractivity contribution is 0.408. The van der Waals surface area contributed by atoms with Crippen LogP contribution in [-0.4, -0.2) is 46.4 Å². The monoisotopic (exact) mass is 423 g/mol. The molecule has 0 fully saturated rings. The zero-order valence-electron chi connectivity index (χ0n) is 16.8. The van der Waals surface area contributed by atoms with E-state index in [0.717, 1.165) is 35.0 Å². The Hall–Kier alpha value is -1.91. The van der Waals surface area contributed by atoms with E-state index in [1.165, 1.54) is 37.5 Å². The first kappa shape index (κ1) is 20.8. The number of nitrogens with zero attached hydrogens (tertiary/aromatic N) is 5. The molecule has 0 saturated heterocycles. The molecule has 0 bridgehead atoms. The minimum Gasteiger partial charge on any atom is -0.447 e. The third kappa shape index (κ3) is 4.08. The number of hydrogen-bond acceptors (Lipinski definition) is 7. The molecule has 0 spiro atoms. The van der Waals surface area contributed by atoms with Crippen molar-refractivity contribution >= 4 is 27.6 Å². The molecule has 28 heavy (non-hydrogen) atoms. The summed E-state index contributed by atoms with van der Waals surface area (Å²) >= 11 is 1.38. The second kappa shape index (κ2) is 8.22. The lowest BCUT2D eigenvalue weighted by atomic mass is 10.1. The molecule has 0 N–H and O–H groups in total. The topological polar surface area (TPSA) is 93.6 Å². The summed E-state index contributed by atoms with van der Waals surface area (Å²) in [4.78, 5) is 9.08. The van der Waals surface area contributed by atoms with Gasteiger partial charge in [-0.25, -0.2) is 22.2 Å². The smallest absolute Gasteiger partial charge is 0.275 e. The highest BCUT2D eigenvalue weighted by molar-refractivity contribution is 7.98. The molecular formula is C18H25N5O3S2. The summed E-state index contributed by atoms with van der Waals surface area (Å²) in [6.45, 7) is 6.22. The molecule has 0 aliphatic carbocycles. The molecule has 3 heterocycles. The largest absolute Gasteiger partial charge is 0.447 e. The van der Waals surface area contributed by atoms with Gasteiger partial charge in [0.2, 0.25) is 10.2 Å². The Bertz CT molecular complexity index is 1090. The number of unbranched alkanes of at least 4 members (excludes halogenated alkanes) is 1. The third-order valence-electron chi connectivity index (χ3n) is 4.53. The number of hydrogen-bond donors (Lipinski definition) is 0. The number of rotatable bonds is 8. The predicted octanol–water partition coefficient (Wildman–Crippen LogP) is 3.22. The van der Waals surface area contributed by atoms with Crippen molar-refractivity contribution in [2.75, 3.05) is 14.1 Å². The van der Waals surface area contributed by atoms with Crippen LogP contribution >= 0.6 is 11.8 Å². The number of fused-ring (bicyclic) bond motifs is 1. The zero-order valence-corrected chi connectivity index (χ0v) is 18.4. The molecule has 0 radical (unpaired) electrons. The van der Waals surface area contributed by atoms with Crippen LogP contribution in [0, 0.1) is 13.8 Å². The van der Waals surface area contributed by atoms with E-state index < -0.39 is 10.0 Å². The molecule has 0 unspecified atom stereocenters. The summed E-state index contributed by atoms with van der Waals surface area (Å²) in [7, 11) is -0.628. The van der Waals surface area contributed by atoms with Gasteiger partial charge in [-0.15, -0.1) is 5.10 Å². The average molecular weight is 424 g/mol. The van der Waals surface area contributed by atoms with Crippen LogP contribution in [0.25, 0.3) is 5.78 Å². The molecule has 0 saturated carbocycles. The Morgan fingerprint density at radius 3 is 2.64 bits per heavy atom. The van der Waals surface area contributed by atoms with E-state index in [2.05, 4.69) is 22.0 Å². The van der Waals surface area contributed by atoms with Crippen LogP contribution < -0.4 is 0 Å². The lowest BCUT2D eigenvalue weighted by Crippen LogP contribution is -2.21. The fourth-order valence-electron chi connectivity index (χ4n) is 2.86. The SMILES string of the molecule is CCCCc1c(C)nc2nc(SCc3ccc(S(=O)(=O)N(C)C)o3)nn2c1C. The van der Waals surface area contributed by atoms with Gasteiger partial charge in [-0.3, -0.25) is 0 Å². The quantitative estimate of drug-likeness (QED) is 0.514. The van der Waals surface area contributed by atoms with Crippen molar-refractivity contribution in [2.24, 2.45) is 0 Å². The van der Waals surface area contributed by atoms with Gasteiger partial charge in [0.25, 0.3) is 15.8 Å². The highest BCUT2D eigenvalue weighted by Crippen LogP contribution is 2.25. The first-order valence-corrected chi connectivity index (χ1v) is 11.5. The molecule has 0 atom stereocenters. The maximum atomic E-state index is 12.1. The highest BCUT2D eigenvalue weighted by Gasteiger charge is 2.22. The van der Waals surface area contributed by atoms with Crippen LogP contribution in [0.5, 0.6) is 0 Å². The minimum atomic E-state index is -3.57. The van der Waals surface area contributed by atoms with E-state index in [4.69, 9.17) is 4.42 Å². The standard InChI is InChI=1S/C18H25N5O3S2/c1-6-7-8-15-12(2)19-17-20-18(21-23(17)13(15)3)27-11-14-9-10-16(26-14)28(24,25)22(4)5/h9-10H,6-8,11H2,1-5H3. The molecule has 8 nitrogen and oxygen atoms in total. The first-order valence-electron chi connectivity index (χ1n) is 9.11. The lowest BCUT2D eigenvalue weighted by Gasteiger charge is -2.09. The first-order chi connectivity index (χ1) is 13.2. The van der Waals surface area contributed by atoms with Crippen LogP contribution in [0.15, 0.2) is 26.8 Å². The summed E-state index contributed by atoms with van der Waals surface area (Å²) < 4.78 is 32.6. The van der Waals surface area contributed by atoms with Crippen molar-refractivity contribution in [3.8, 4) is 0 Å². The van der Waals surface area contributed by atoms with Crippen molar-refractivity contribution in [3.63, 3.8) is 0 Å². The van der Waals surface area contributed by atoms with Crippen LogP contribution in [-0.2, 0) is 22.2 Å². The second-order valence-electron chi connectivity index (χ2n) is 6.77. The Kier molecular flexibility index (Phi) is 6.11. The second-order valence-corrected chi connectivity index (χ2v) is 9.79. The average Bonchev–Trinajstić information content (AvgIpc) is 3.27. The van der Waals surface area contributed by atoms with Crippen molar-refractivity contribution in [2.45, 2.75) is 56.0 Å². The molecule has 0 aliphatic rings. The molecule has 0 aromatic carbocycles. The fourth-order valence-corrected chi connectivity index (χ4v) is 4.38. The van der Waals surface area contributed by atoms with Gasteiger partial charge in [0.05, 0.1) is 5.75 Å². The summed E-state index contributed by atoms with van der Waals surface area (Å²) in [6, 6.07) is 3.13. The van der Waals surface area contributed by atoms with E-state index in [1.807, 2.05) is 13.8 Å². The Balaban J connectivity index is 1.79. The van der Waals surface area contributed by atoms with E-state index in [0.29, 0.717) is 22.4 Å². The van der Waals surface area contributed by atoms with E-state index in [9.17, 15) is 8.42 Å². The normalized spacial score (nSPS) is 12.4. The maximum Gasteiger partial charge on any atom is 0.275 e. The van der Waals surface area contributed by atoms with E-state index in [-0.39, 0.29) is 5.09 Å². The fraction of sp³-hybridized carbons (Fsp3) is 0.500. The van der Waals surface area contributed by atoms with Crippen molar-refractivity contribution in [1.29, 1.82) is 0 Å². The van der Waals surface area contributed by atoms with Gasteiger partial charge in [0, 0.05) is 25.5 Å². The summed E-state index contributed by atoms with van der Waals surface area (Å²) in [5.41, 5.74) is 3.28. The maximum absolute atomic E-state index is 12.1. The highest BCUT2D eigenvalue weighted by atomic mass is 32.2. The Labute approximate surface area is 169 Å². The molecule has 3 aromatic heterocycles. The molecule has 0 aliphatic heterocycles. The number of aromatic nitrogens is 4. The van der Waals surface area contributed by atoms with E-state index in [1.54, 1.807) is 10.6 Å². The van der Waals surface area contributed by atoms with Crippen molar-refractivity contribution in [3.05, 3.63) is 34.8 Å². The molecule has 10 heteroatoms. The van der Waals surface area contributed by atoms with Crippen LogP contribution in [0.2, 0.25) is 0 Å². The van der Waals surface area contributed by atoms with Crippen LogP contribution in [0.4, 0.5) is 0 Å². The van der Waals surface area contributed by atoms with Gasteiger partial charge in [0.15, 0.2) is 0 Å². The number of aryl methyl sites for hydroxylation is 2. The van der Waals surface area contributed by atoms with Gasteiger partial charge >= 0.3 is 0 Å². The third-order valence-corrected chi connectivity index (χ3v) is 7.07. The number of furan rings is 1. The van der Waals surface area contributed by atoms with Crippen LogP contribution in [0.3, 0.4) is 0 Å². The van der Waals surface area contributed by atoms with Gasteiger partial charge < -0.3 is 4.42 Å². The molecule has 152 valence electrons. The molecular weight excluding hydrogens is 398 g/mol. The Morgan fingerprint density at radius 2 is 1.96 bits per heavy atom. The molecule has 3 rings (SSSR count). The molecule has 3 aromatic rings. The molecule has 0 amide bonds. The summed E-state index contributed by atoms with van der Waals surface area (Å²) in [5, 5.41) is 5.07. The summed E-state index contributed by atoms with van der Waals surface area (Å²) in [6.07, 6.45) is 3.22. The van der Waals surface area contributed by atoms with Gasteiger partial charge in [-0.1, -0.05) is 25.1 Å². The van der Waals surface area contributed by atoms with Gasteiger partial charge in [0.1, 0.15) is 5.76 Å². The van der Waals surface area contributed by atoms with Gasteiger partial charge in [-0.05, 0) is 44.4 Å². The minimum absolute atomic E-state index is 0.0650. The predicted molar refractivity (Wildman–Crippen MR) is 108 cm³/mol. The summed E-state index contributed by atoms with van der Waals surface area (Å²) in [5.74, 6) is 1.56. The van der Waals surface area contributed by atoms with Crippen molar-refractivity contribution < 1.29 is 12.8 Å².